The van der Waals surface area contributed by atoms with E-state index < -0.39 is 17.8 Å². The fraction of sp³-hybridized carbons (Fsp3) is 0.280. The molecule has 0 spiro atoms. The maximum Gasteiger partial charge on any atom is 0.416 e. The minimum Gasteiger partial charge on any atom is -0.345 e. The van der Waals surface area contributed by atoms with Gasteiger partial charge in [0.15, 0.2) is 5.13 Å². The van der Waals surface area contributed by atoms with E-state index in [0.29, 0.717) is 32.6 Å². The molecule has 4 aromatic rings. The van der Waals surface area contributed by atoms with Gasteiger partial charge in [-0.25, -0.2) is 4.98 Å². The number of carbonyl (C=O) groups is 1. The first kappa shape index (κ1) is 23.8. The van der Waals surface area contributed by atoms with E-state index in [9.17, 15) is 18.0 Å². The summed E-state index contributed by atoms with van der Waals surface area (Å²) >= 11 is 3.15. The van der Waals surface area contributed by atoms with Gasteiger partial charge < -0.3 is 15.5 Å². The van der Waals surface area contributed by atoms with Crippen LogP contribution in [0.25, 0.3) is 21.3 Å². The van der Waals surface area contributed by atoms with Gasteiger partial charge in [-0.2, -0.15) is 13.2 Å². The Morgan fingerprint density at radius 1 is 1.03 bits per heavy atom. The molecule has 0 saturated carbocycles. The fourth-order valence-electron chi connectivity index (χ4n) is 4.16. The second-order valence-corrected chi connectivity index (χ2v) is 10.5. The van der Waals surface area contributed by atoms with Crippen LogP contribution in [0.15, 0.2) is 60.0 Å². The zero-order valence-electron chi connectivity index (χ0n) is 18.7. The Morgan fingerprint density at radius 2 is 1.74 bits per heavy atom. The maximum atomic E-state index is 12.9. The van der Waals surface area contributed by atoms with E-state index in [0.717, 1.165) is 43.5 Å². The highest BCUT2D eigenvalue weighted by Gasteiger charge is 2.30. The molecule has 0 bridgehead atoms. The number of thiophene rings is 1. The molecule has 10 heteroatoms. The smallest absolute Gasteiger partial charge is 0.345 e. The number of amides is 1. The normalized spacial score (nSPS) is 15.5. The van der Waals surface area contributed by atoms with E-state index in [1.807, 2.05) is 40.6 Å². The Hall–Kier alpha value is -2.95. The van der Waals surface area contributed by atoms with Crippen LogP contribution in [0.1, 0.15) is 10.4 Å². The number of hydrogen-bond donors (Lipinski definition) is 1. The number of piperazine rings is 1. The molecule has 3 heterocycles. The van der Waals surface area contributed by atoms with Crippen molar-refractivity contribution in [3.8, 4) is 11.1 Å². The number of anilines is 1. The van der Waals surface area contributed by atoms with Crippen LogP contribution in [-0.2, 0) is 17.4 Å². The number of thiazole rings is 1. The molecule has 1 unspecified atom stereocenters. The third-order valence-electron chi connectivity index (χ3n) is 6.10. The van der Waals surface area contributed by atoms with Crippen LogP contribution < -0.4 is 10.6 Å². The first-order valence-electron chi connectivity index (χ1n) is 11.2. The standard InChI is InChI=1S/C25H23F3N4OS2/c26-25(27,28)18-6-3-16(4-7-18)17-5-8-21-22(14-17)35-24(30-21)32-11-9-31(10-12-32)23(33)20(29)15-19-2-1-13-34-19/h1-8,13-14,20H,9-12,15,29H2. The van der Waals surface area contributed by atoms with Gasteiger partial charge in [-0.1, -0.05) is 35.6 Å². The molecular weight excluding hydrogens is 493 g/mol. The van der Waals surface area contributed by atoms with Crippen LogP contribution in [0.3, 0.4) is 0 Å². The molecule has 5 nitrogen and oxygen atoms in total. The van der Waals surface area contributed by atoms with Crippen molar-refractivity contribution in [2.45, 2.75) is 18.6 Å². The summed E-state index contributed by atoms with van der Waals surface area (Å²) in [6.07, 6.45) is -3.80. The summed E-state index contributed by atoms with van der Waals surface area (Å²) < 4.78 is 39.5. The number of fused-ring (bicyclic) bond motifs is 1. The molecule has 1 aliphatic heterocycles. The lowest BCUT2D eigenvalue weighted by atomic mass is 10.0. The summed E-state index contributed by atoms with van der Waals surface area (Å²) in [5.41, 5.74) is 7.92. The van der Waals surface area contributed by atoms with Gasteiger partial charge >= 0.3 is 6.18 Å². The lowest BCUT2D eigenvalue weighted by Crippen LogP contribution is -2.53. The van der Waals surface area contributed by atoms with Gasteiger partial charge in [-0.05, 0) is 46.8 Å². The number of halogens is 3. The second kappa shape index (κ2) is 9.60. The number of carbonyl (C=O) groups excluding carboxylic acids is 1. The summed E-state index contributed by atoms with van der Waals surface area (Å²) in [4.78, 5) is 22.6. The molecule has 182 valence electrons. The molecule has 5 rings (SSSR count). The predicted octanol–water partition coefficient (Wildman–Crippen LogP) is 5.26. The molecule has 1 fully saturated rings. The van der Waals surface area contributed by atoms with Crippen molar-refractivity contribution in [1.29, 1.82) is 0 Å². The summed E-state index contributed by atoms with van der Waals surface area (Å²) in [5, 5.41) is 2.86. The molecule has 2 N–H and O–H groups in total. The van der Waals surface area contributed by atoms with Crippen molar-refractivity contribution in [2.24, 2.45) is 5.73 Å². The van der Waals surface area contributed by atoms with Gasteiger partial charge in [-0.3, -0.25) is 4.79 Å². The second-order valence-electron chi connectivity index (χ2n) is 8.46. The van der Waals surface area contributed by atoms with Gasteiger partial charge in [0.25, 0.3) is 0 Å². The minimum atomic E-state index is -4.35. The predicted molar refractivity (Wildman–Crippen MR) is 135 cm³/mol. The van der Waals surface area contributed by atoms with E-state index >= 15 is 0 Å². The highest BCUT2D eigenvalue weighted by molar-refractivity contribution is 7.22. The summed E-state index contributed by atoms with van der Waals surface area (Å²) in [5.74, 6) is -0.0245. The van der Waals surface area contributed by atoms with Crippen molar-refractivity contribution < 1.29 is 18.0 Å². The maximum absolute atomic E-state index is 12.9. The van der Waals surface area contributed by atoms with Crippen LogP contribution in [-0.4, -0.2) is 48.0 Å². The Morgan fingerprint density at radius 3 is 2.40 bits per heavy atom. The summed E-state index contributed by atoms with van der Waals surface area (Å²) in [7, 11) is 0. The average Bonchev–Trinajstić information content (AvgIpc) is 3.52. The zero-order chi connectivity index (χ0) is 24.6. The molecule has 2 aromatic carbocycles. The van der Waals surface area contributed by atoms with Crippen LogP contribution in [0.4, 0.5) is 18.3 Å². The Labute approximate surface area is 208 Å². The van der Waals surface area contributed by atoms with Gasteiger partial charge in [0.05, 0.1) is 21.8 Å². The summed E-state index contributed by atoms with van der Waals surface area (Å²) in [6, 6.07) is 14.3. The first-order chi connectivity index (χ1) is 16.8. The van der Waals surface area contributed by atoms with E-state index in [-0.39, 0.29) is 5.91 Å². The topological polar surface area (TPSA) is 62.5 Å². The van der Waals surface area contributed by atoms with Gasteiger partial charge in [0.2, 0.25) is 5.91 Å². The van der Waals surface area contributed by atoms with Crippen molar-refractivity contribution in [3.63, 3.8) is 0 Å². The molecule has 35 heavy (non-hydrogen) atoms. The third kappa shape index (κ3) is 5.19. The Balaban J connectivity index is 1.24. The van der Waals surface area contributed by atoms with Crippen LogP contribution in [0.2, 0.25) is 0 Å². The third-order valence-corrected chi connectivity index (χ3v) is 8.08. The number of hydrogen-bond acceptors (Lipinski definition) is 6. The van der Waals surface area contributed by atoms with Gasteiger partial charge in [0.1, 0.15) is 0 Å². The first-order valence-corrected chi connectivity index (χ1v) is 12.9. The Bertz CT molecular complexity index is 1310. The SMILES string of the molecule is NC(Cc1cccs1)C(=O)N1CCN(c2nc3ccc(-c4ccc(C(F)(F)F)cc4)cc3s2)CC1. The average molecular weight is 517 g/mol. The number of alkyl halides is 3. The highest BCUT2D eigenvalue weighted by atomic mass is 32.1. The lowest BCUT2D eigenvalue weighted by molar-refractivity contribution is -0.137. The van der Waals surface area contributed by atoms with Crippen molar-refractivity contribution in [1.82, 2.24) is 9.88 Å². The number of rotatable bonds is 5. The van der Waals surface area contributed by atoms with Crippen molar-refractivity contribution in [2.75, 3.05) is 31.1 Å². The molecule has 1 saturated heterocycles. The molecule has 0 radical (unpaired) electrons. The number of benzene rings is 2. The molecule has 1 aliphatic rings. The number of nitrogens with zero attached hydrogens (tertiary/aromatic N) is 3. The minimum absolute atomic E-state index is 0.0245. The van der Waals surface area contributed by atoms with E-state index in [1.54, 1.807) is 22.7 Å². The van der Waals surface area contributed by atoms with Crippen LogP contribution in [0, 0.1) is 0 Å². The van der Waals surface area contributed by atoms with Crippen LogP contribution >= 0.6 is 22.7 Å². The van der Waals surface area contributed by atoms with Crippen LogP contribution in [0.5, 0.6) is 0 Å². The number of aromatic nitrogens is 1. The molecular formula is C25H23F3N4OS2. The highest BCUT2D eigenvalue weighted by Crippen LogP contribution is 2.34. The lowest BCUT2D eigenvalue weighted by Gasteiger charge is -2.35. The fourth-order valence-corrected chi connectivity index (χ4v) is 5.99. The van der Waals surface area contributed by atoms with Crippen molar-refractivity contribution in [3.05, 3.63) is 70.4 Å². The zero-order valence-corrected chi connectivity index (χ0v) is 20.3. The monoisotopic (exact) mass is 516 g/mol. The van der Waals surface area contributed by atoms with E-state index in [1.165, 1.54) is 12.1 Å². The summed E-state index contributed by atoms with van der Waals surface area (Å²) in [6.45, 7) is 2.51. The molecule has 1 atom stereocenters. The van der Waals surface area contributed by atoms with E-state index in [2.05, 4.69) is 4.90 Å². The quantitative estimate of drug-likeness (QED) is 0.393. The molecule has 2 aromatic heterocycles. The number of nitrogens with two attached hydrogens (primary N) is 1. The van der Waals surface area contributed by atoms with E-state index in [4.69, 9.17) is 10.7 Å². The largest absolute Gasteiger partial charge is 0.416 e. The Kier molecular flexibility index (Phi) is 6.52. The van der Waals surface area contributed by atoms with Gasteiger partial charge in [-0.15, -0.1) is 11.3 Å². The molecule has 0 aliphatic carbocycles. The van der Waals surface area contributed by atoms with Gasteiger partial charge in [0, 0.05) is 37.5 Å². The van der Waals surface area contributed by atoms with Crippen molar-refractivity contribution >= 4 is 43.9 Å². The molecule has 1 amide bonds.